The zero-order chi connectivity index (χ0) is 15.9. The molecule has 0 aliphatic heterocycles. The van der Waals surface area contributed by atoms with Crippen LogP contribution in [-0.2, 0) is 11.3 Å². The molecule has 7 nitrogen and oxygen atoms in total. The monoisotopic (exact) mass is 306 g/mol. The van der Waals surface area contributed by atoms with Gasteiger partial charge in [0.15, 0.2) is 0 Å². The molecule has 1 atom stereocenters. The maximum atomic E-state index is 11.9. The number of ether oxygens (including phenoxy) is 1. The summed E-state index contributed by atoms with van der Waals surface area (Å²) in [4.78, 5) is 26.9. The Kier molecular flexibility index (Phi) is 5.57. The standard InChI is InChI=1S/C15H22N4O3/c1-10(19-15(16)21)13(20)18-9-11-5-4-8-17-14(11)22-12-6-2-3-7-12/h4-5,8,10,12H,2-3,6-7,9H2,1H3,(H,18,20)(H3,16,19,21). The lowest BCUT2D eigenvalue weighted by Crippen LogP contribution is -2.46. The fourth-order valence-corrected chi connectivity index (χ4v) is 2.44. The summed E-state index contributed by atoms with van der Waals surface area (Å²) in [6.45, 7) is 1.86. The third-order valence-corrected chi connectivity index (χ3v) is 3.64. The van der Waals surface area contributed by atoms with Gasteiger partial charge in [0.05, 0.1) is 0 Å². The molecule has 0 aromatic carbocycles. The molecule has 0 spiro atoms. The number of hydrogen-bond donors (Lipinski definition) is 3. The minimum Gasteiger partial charge on any atom is -0.474 e. The number of carbonyl (C=O) groups excluding carboxylic acids is 2. The SMILES string of the molecule is CC(NC(N)=O)C(=O)NCc1cccnc1OC1CCCC1. The largest absolute Gasteiger partial charge is 0.474 e. The van der Waals surface area contributed by atoms with Crippen LogP contribution >= 0.6 is 0 Å². The van der Waals surface area contributed by atoms with E-state index in [2.05, 4.69) is 15.6 Å². The van der Waals surface area contributed by atoms with Gasteiger partial charge in [-0.25, -0.2) is 9.78 Å². The van der Waals surface area contributed by atoms with Crippen molar-refractivity contribution >= 4 is 11.9 Å². The highest BCUT2D eigenvalue weighted by atomic mass is 16.5. The van der Waals surface area contributed by atoms with Crippen molar-refractivity contribution in [3.8, 4) is 5.88 Å². The summed E-state index contributed by atoms with van der Waals surface area (Å²) < 4.78 is 5.91. The van der Waals surface area contributed by atoms with Crippen LogP contribution in [0.2, 0.25) is 0 Å². The molecule has 3 amide bonds. The number of aromatic nitrogens is 1. The van der Waals surface area contributed by atoms with Crippen molar-refractivity contribution in [3.63, 3.8) is 0 Å². The number of hydrogen-bond acceptors (Lipinski definition) is 4. The first kappa shape index (κ1) is 16.1. The summed E-state index contributed by atoms with van der Waals surface area (Å²) in [6, 6.07) is 2.25. The van der Waals surface area contributed by atoms with Gasteiger partial charge >= 0.3 is 6.03 Å². The molecule has 1 unspecified atom stereocenters. The Labute approximate surface area is 129 Å². The predicted octanol–water partition coefficient (Wildman–Crippen LogP) is 1.08. The quantitative estimate of drug-likeness (QED) is 0.731. The Morgan fingerprint density at radius 2 is 2.18 bits per heavy atom. The van der Waals surface area contributed by atoms with Crippen LogP contribution in [0.15, 0.2) is 18.3 Å². The summed E-state index contributed by atoms with van der Waals surface area (Å²) in [5.41, 5.74) is 5.81. The van der Waals surface area contributed by atoms with Crippen LogP contribution in [0.25, 0.3) is 0 Å². The van der Waals surface area contributed by atoms with Gasteiger partial charge in [0, 0.05) is 18.3 Å². The third-order valence-electron chi connectivity index (χ3n) is 3.64. The smallest absolute Gasteiger partial charge is 0.312 e. The van der Waals surface area contributed by atoms with Crippen molar-refractivity contribution in [3.05, 3.63) is 23.9 Å². The molecule has 7 heteroatoms. The number of urea groups is 1. The highest BCUT2D eigenvalue weighted by Crippen LogP contribution is 2.24. The molecular formula is C15H22N4O3. The molecule has 0 radical (unpaired) electrons. The number of amides is 3. The summed E-state index contributed by atoms with van der Waals surface area (Å²) in [5.74, 6) is 0.250. The van der Waals surface area contributed by atoms with E-state index in [0.29, 0.717) is 12.4 Å². The highest BCUT2D eigenvalue weighted by molar-refractivity contribution is 5.86. The van der Waals surface area contributed by atoms with Gasteiger partial charge in [-0.3, -0.25) is 4.79 Å². The molecule has 1 aliphatic carbocycles. The van der Waals surface area contributed by atoms with Crippen molar-refractivity contribution < 1.29 is 14.3 Å². The molecular weight excluding hydrogens is 284 g/mol. The molecule has 4 N–H and O–H groups in total. The number of nitrogens with one attached hydrogen (secondary N) is 2. The molecule has 1 heterocycles. The number of pyridine rings is 1. The highest BCUT2D eigenvalue weighted by Gasteiger charge is 2.19. The van der Waals surface area contributed by atoms with Gasteiger partial charge in [0.1, 0.15) is 12.1 Å². The number of primary amides is 1. The van der Waals surface area contributed by atoms with E-state index < -0.39 is 12.1 Å². The molecule has 1 saturated carbocycles. The fourth-order valence-electron chi connectivity index (χ4n) is 2.44. The number of nitrogens with zero attached hydrogens (tertiary/aromatic N) is 1. The minimum atomic E-state index is -0.728. The maximum Gasteiger partial charge on any atom is 0.312 e. The van der Waals surface area contributed by atoms with E-state index in [1.54, 1.807) is 19.2 Å². The summed E-state index contributed by atoms with van der Waals surface area (Å²) in [7, 11) is 0. The number of carbonyl (C=O) groups is 2. The van der Waals surface area contributed by atoms with Crippen LogP contribution in [0.1, 0.15) is 38.2 Å². The van der Waals surface area contributed by atoms with Gasteiger partial charge in [-0.15, -0.1) is 0 Å². The van der Waals surface area contributed by atoms with E-state index >= 15 is 0 Å². The van der Waals surface area contributed by atoms with E-state index in [1.807, 2.05) is 6.07 Å². The van der Waals surface area contributed by atoms with Crippen molar-refractivity contribution in [1.29, 1.82) is 0 Å². The molecule has 120 valence electrons. The third kappa shape index (κ3) is 4.61. The molecule has 0 bridgehead atoms. The molecule has 1 aromatic rings. The topological polar surface area (TPSA) is 106 Å². The summed E-state index contributed by atoms with van der Waals surface area (Å²) in [5, 5.41) is 5.07. The second kappa shape index (κ2) is 7.63. The first-order valence-corrected chi connectivity index (χ1v) is 7.50. The van der Waals surface area contributed by atoms with Crippen LogP contribution in [0.5, 0.6) is 5.88 Å². The van der Waals surface area contributed by atoms with Crippen molar-refractivity contribution in [1.82, 2.24) is 15.6 Å². The van der Waals surface area contributed by atoms with Crippen LogP contribution in [0.4, 0.5) is 4.79 Å². The summed E-state index contributed by atoms with van der Waals surface area (Å²) >= 11 is 0. The molecule has 1 aromatic heterocycles. The molecule has 0 saturated heterocycles. The number of nitrogens with two attached hydrogens (primary N) is 1. The van der Waals surface area contributed by atoms with E-state index in [-0.39, 0.29) is 12.0 Å². The first-order valence-electron chi connectivity index (χ1n) is 7.50. The van der Waals surface area contributed by atoms with Crippen LogP contribution in [0.3, 0.4) is 0 Å². The molecule has 22 heavy (non-hydrogen) atoms. The van der Waals surface area contributed by atoms with E-state index in [9.17, 15) is 9.59 Å². The zero-order valence-corrected chi connectivity index (χ0v) is 12.7. The second-order valence-electron chi connectivity index (χ2n) is 5.44. The van der Waals surface area contributed by atoms with Gasteiger partial charge in [-0.2, -0.15) is 0 Å². The maximum absolute atomic E-state index is 11.9. The van der Waals surface area contributed by atoms with Crippen molar-refractivity contribution in [2.24, 2.45) is 5.73 Å². The van der Waals surface area contributed by atoms with Gasteiger partial charge in [-0.05, 0) is 38.7 Å². The van der Waals surface area contributed by atoms with Crippen LogP contribution in [0, 0.1) is 0 Å². The lowest BCUT2D eigenvalue weighted by Gasteiger charge is -2.16. The number of rotatable bonds is 6. The Balaban J connectivity index is 1.91. The van der Waals surface area contributed by atoms with E-state index in [1.165, 1.54) is 12.8 Å². The first-order chi connectivity index (χ1) is 10.6. The average molecular weight is 306 g/mol. The van der Waals surface area contributed by atoms with E-state index in [4.69, 9.17) is 10.5 Å². The Morgan fingerprint density at radius 3 is 2.86 bits per heavy atom. The molecule has 1 fully saturated rings. The van der Waals surface area contributed by atoms with Gasteiger partial charge in [0.25, 0.3) is 0 Å². The van der Waals surface area contributed by atoms with Crippen molar-refractivity contribution in [2.75, 3.05) is 0 Å². The van der Waals surface area contributed by atoms with Gasteiger partial charge < -0.3 is 21.1 Å². The molecule has 2 rings (SSSR count). The molecule has 1 aliphatic rings. The van der Waals surface area contributed by atoms with Crippen molar-refractivity contribution in [2.45, 2.75) is 51.3 Å². The minimum absolute atomic E-state index is 0.208. The summed E-state index contributed by atoms with van der Waals surface area (Å²) in [6.07, 6.45) is 6.33. The second-order valence-corrected chi connectivity index (χ2v) is 5.44. The fraction of sp³-hybridized carbons (Fsp3) is 0.533. The van der Waals surface area contributed by atoms with E-state index in [0.717, 1.165) is 18.4 Å². The lowest BCUT2D eigenvalue weighted by atomic mass is 10.2. The lowest BCUT2D eigenvalue weighted by molar-refractivity contribution is -0.122. The Bertz CT molecular complexity index is 529. The normalized spacial score (nSPS) is 16.0. The van der Waals surface area contributed by atoms with Crippen LogP contribution < -0.4 is 21.1 Å². The predicted molar refractivity (Wildman–Crippen MR) is 81.1 cm³/mol. The Hall–Kier alpha value is -2.31. The van der Waals surface area contributed by atoms with Gasteiger partial charge in [0.2, 0.25) is 11.8 Å². The zero-order valence-electron chi connectivity index (χ0n) is 12.7. The van der Waals surface area contributed by atoms with Gasteiger partial charge in [-0.1, -0.05) is 6.07 Å². The Morgan fingerprint density at radius 1 is 1.45 bits per heavy atom. The van der Waals surface area contributed by atoms with Crippen LogP contribution in [-0.4, -0.2) is 29.1 Å². The average Bonchev–Trinajstić information content (AvgIpc) is 2.98.